The van der Waals surface area contributed by atoms with E-state index in [-0.39, 0.29) is 6.42 Å². The maximum atomic E-state index is 13.1. The van der Waals surface area contributed by atoms with Crippen molar-refractivity contribution in [3.05, 3.63) is 18.2 Å². The summed E-state index contributed by atoms with van der Waals surface area (Å²) in [5.74, 6) is -1.93. The minimum absolute atomic E-state index is 0.134. The van der Waals surface area contributed by atoms with Gasteiger partial charge in [-0.2, -0.15) is 11.8 Å². The summed E-state index contributed by atoms with van der Waals surface area (Å²) in [5, 5.41) is 14.7. The Balaban J connectivity index is 2.16. The Labute approximate surface area is 184 Å². The van der Waals surface area contributed by atoms with Crippen LogP contribution >= 0.6 is 11.8 Å². The van der Waals surface area contributed by atoms with Crippen LogP contribution in [0.1, 0.15) is 31.9 Å². The summed E-state index contributed by atoms with van der Waals surface area (Å²) < 4.78 is 0. The second-order valence-corrected chi connectivity index (χ2v) is 8.49. The monoisotopic (exact) mass is 454 g/mol. The summed E-state index contributed by atoms with van der Waals surface area (Å²) in [7, 11) is 0. The van der Waals surface area contributed by atoms with Crippen molar-refractivity contribution in [2.24, 2.45) is 5.73 Å². The predicted molar refractivity (Wildman–Crippen MR) is 115 cm³/mol. The average Bonchev–Trinajstić information content (AvgIpc) is 3.41. The molecule has 172 valence electrons. The highest BCUT2D eigenvalue weighted by atomic mass is 32.2. The van der Waals surface area contributed by atoms with Gasteiger partial charge in [-0.25, -0.2) is 9.78 Å². The number of likely N-dealkylation sites (tertiary alicyclic amines) is 1. The van der Waals surface area contributed by atoms with Crippen molar-refractivity contribution < 1.29 is 24.3 Å². The number of H-pyrrole nitrogens is 1. The van der Waals surface area contributed by atoms with Crippen molar-refractivity contribution in [1.82, 2.24) is 25.5 Å². The van der Waals surface area contributed by atoms with Gasteiger partial charge in [-0.1, -0.05) is 0 Å². The smallest absolute Gasteiger partial charge is 0.326 e. The molecule has 0 spiro atoms. The maximum absolute atomic E-state index is 13.1. The van der Waals surface area contributed by atoms with Gasteiger partial charge in [0.05, 0.1) is 12.4 Å². The number of rotatable bonds is 11. The standard InChI is InChI=1S/C19H30N6O5S/c1-11(20)16(26)24-14(8-12-9-21-10-22-12)17(27)23-13(5-7-31-2)18(28)25-6-3-4-15(25)19(29)30/h9-11,13-15H,3-8,20H2,1-2H3,(H,21,22)(H,23,27)(H,24,26)(H,29,30). The molecule has 1 aromatic rings. The number of carbonyl (C=O) groups excluding carboxylic acids is 3. The van der Waals surface area contributed by atoms with Crippen LogP contribution in [0, 0.1) is 0 Å². The molecule has 1 saturated heterocycles. The molecule has 4 unspecified atom stereocenters. The fourth-order valence-corrected chi connectivity index (χ4v) is 3.85. The number of nitrogens with zero attached hydrogens (tertiary/aromatic N) is 2. The number of thioether (sulfide) groups is 1. The zero-order valence-corrected chi connectivity index (χ0v) is 18.5. The Hall–Kier alpha value is -2.60. The van der Waals surface area contributed by atoms with Crippen molar-refractivity contribution in [3.8, 4) is 0 Å². The highest BCUT2D eigenvalue weighted by Gasteiger charge is 2.38. The molecule has 3 amide bonds. The molecule has 31 heavy (non-hydrogen) atoms. The first-order valence-corrected chi connectivity index (χ1v) is 11.5. The Bertz CT molecular complexity index is 772. The number of imidazole rings is 1. The lowest BCUT2D eigenvalue weighted by molar-refractivity contribution is -0.149. The highest BCUT2D eigenvalue weighted by molar-refractivity contribution is 7.98. The van der Waals surface area contributed by atoms with Crippen LogP contribution in [-0.2, 0) is 25.6 Å². The van der Waals surface area contributed by atoms with Gasteiger partial charge >= 0.3 is 5.97 Å². The molecular weight excluding hydrogens is 424 g/mol. The molecule has 6 N–H and O–H groups in total. The Morgan fingerprint density at radius 1 is 1.32 bits per heavy atom. The van der Waals surface area contributed by atoms with E-state index in [2.05, 4.69) is 20.6 Å². The normalized spacial score (nSPS) is 18.8. The molecular formula is C19H30N6O5S. The topological polar surface area (TPSA) is 171 Å². The molecule has 2 rings (SSSR count). The lowest BCUT2D eigenvalue weighted by atomic mass is 10.1. The summed E-state index contributed by atoms with van der Waals surface area (Å²) in [6.45, 7) is 1.84. The summed E-state index contributed by atoms with van der Waals surface area (Å²) in [4.78, 5) is 57.8. The minimum Gasteiger partial charge on any atom is -0.480 e. The van der Waals surface area contributed by atoms with Crippen LogP contribution in [0.3, 0.4) is 0 Å². The predicted octanol–water partition coefficient (Wildman–Crippen LogP) is -0.902. The van der Waals surface area contributed by atoms with Gasteiger partial charge < -0.3 is 31.4 Å². The van der Waals surface area contributed by atoms with Crippen LogP contribution in [0.2, 0.25) is 0 Å². The summed E-state index contributed by atoms with van der Waals surface area (Å²) in [6.07, 6.45) is 6.33. The third-order valence-electron chi connectivity index (χ3n) is 5.07. The van der Waals surface area contributed by atoms with Gasteiger partial charge in [0.25, 0.3) is 0 Å². The van der Waals surface area contributed by atoms with E-state index in [1.54, 1.807) is 0 Å². The molecule has 1 aromatic heterocycles. The molecule has 0 aliphatic carbocycles. The second kappa shape index (κ2) is 11.7. The van der Waals surface area contributed by atoms with Gasteiger partial charge in [0.2, 0.25) is 17.7 Å². The van der Waals surface area contributed by atoms with Gasteiger partial charge in [-0.3, -0.25) is 14.4 Å². The number of carboxylic acids is 1. The SMILES string of the molecule is CSCCC(NC(=O)C(Cc1cnc[nH]1)NC(=O)C(C)N)C(=O)N1CCCC1C(=O)O. The van der Waals surface area contributed by atoms with Crippen LogP contribution in [0.25, 0.3) is 0 Å². The molecule has 0 bridgehead atoms. The van der Waals surface area contributed by atoms with Crippen LogP contribution in [0.15, 0.2) is 12.5 Å². The molecule has 2 heterocycles. The van der Waals surface area contributed by atoms with E-state index in [0.29, 0.717) is 37.3 Å². The zero-order valence-electron chi connectivity index (χ0n) is 17.7. The number of aromatic nitrogens is 2. The number of carboxylic acid groups (broad SMARTS) is 1. The van der Waals surface area contributed by atoms with E-state index in [9.17, 15) is 24.3 Å². The first-order chi connectivity index (χ1) is 14.7. The van der Waals surface area contributed by atoms with Crippen molar-refractivity contribution in [1.29, 1.82) is 0 Å². The van der Waals surface area contributed by atoms with Gasteiger partial charge in [-0.15, -0.1) is 0 Å². The highest BCUT2D eigenvalue weighted by Crippen LogP contribution is 2.19. The van der Waals surface area contributed by atoms with E-state index >= 15 is 0 Å². The average molecular weight is 455 g/mol. The molecule has 1 aliphatic heterocycles. The molecule has 4 atom stereocenters. The molecule has 0 aromatic carbocycles. The summed E-state index contributed by atoms with van der Waals surface area (Å²) in [6, 6.07) is -3.57. The number of hydrogen-bond donors (Lipinski definition) is 5. The second-order valence-electron chi connectivity index (χ2n) is 7.50. The number of nitrogens with one attached hydrogen (secondary N) is 3. The molecule has 1 fully saturated rings. The zero-order chi connectivity index (χ0) is 23.0. The third kappa shape index (κ3) is 6.96. The fourth-order valence-electron chi connectivity index (χ4n) is 3.38. The maximum Gasteiger partial charge on any atom is 0.326 e. The molecule has 12 heteroatoms. The number of aliphatic carboxylic acids is 1. The van der Waals surface area contributed by atoms with Gasteiger partial charge in [0.1, 0.15) is 18.1 Å². The number of hydrogen-bond acceptors (Lipinski definition) is 7. The fraction of sp³-hybridized carbons (Fsp3) is 0.632. The lowest BCUT2D eigenvalue weighted by Crippen LogP contribution is -2.57. The number of aromatic amines is 1. The van der Waals surface area contributed by atoms with Gasteiger partial charge in [0.15, 0.2) is 0 Å². The van der Waals surface area contributed by atoms with Crippen molar-refractivity contribution in [3.63, 3.8) is 0 Å². The third-order valence-corrected chi connectivity index (χ3v) is 5.72. The Kier molecular flexibility index (Phi) is 9.31. The van der Waals surface area contributed by atoms with Gasteiger partial charge in [-0.05, 0) is 38.2 Å². The quantitative estimate of drug-likeness (QED) is 0.286. The van der Waals surface area contributed by atoms with Gasteiger partial charge in [0, 0.05) is 24.9 Å². The van der Waals surface area contributed by atoms with Crippen LogP contribution in [0.4, 0.5) is 0 Å². The van der Waals surface area contributed by atoms with E-state index in [1.165, 1.54) is 36.1 Å². The number of amides is 3. The van der Waals surface area contributed by atoms with Crippen LogP contribution in [0.5, 0.6) is 0 Å². The molecule has 11 nitrogen and oxygen atoms in total. The summed E-state index contributed by atoms with van der Waals surface area (Å²) in [5.41, 5.74) is 6.24. The van der Waals surface area contributed by atoms with Crippen molar-refractivity contribution >= 4 is 35.5 Å². The molecule has 1 aliphatic rings. The molecule has 0 radical (unpaired) electrons. The minimum atomic E-state index is -1.05. The van der Waals surface area contributed by atoms with E-state index in [1.807, 2.05) is 6.26 Å². The van der Waals surface area contributed by atoms with Crippen molar-refractivity contribution in [2.45, 2.75) is 56.8 Å². The van der Waals surface area contributed by atoms with E-state index in [4.69, 9.17) is 5.73 Å². The Morgan fingerprint density at radius 2 is 2.03 bits per heavy atom. The summed E-state index contributed by atoms with van der Waals surface area (Å²) >= 11 is 1.51. The number of nitrogens with two attached hydrogens (primary N) is 1. The van der Waals surface area contributed by atoms with E-state index < -0.39 is 47.9 Å². The van der Waals surface area contributed by atoms with Crippen molar-refractivity contribution in [2.75, 3.05) is 18.6 Å². The van der Waals surface area contributed by atoms with Crippen LogP contribution in [-0.4, -0.2) is 86.4 Å². The first kappa shape index (κ1) is 24.7. The Morgan fingerprint density at radius 3 is 2.61 bits per heavy atom. The molecule has 0 saturated carbocycles. The first-order valence-electron chi connectivity index (χ1n) is 10.1. The largest absolute Gasteiger partial charge is 0.480 e. The lowest BCUT2D eigenvalue weighted by Gasteiger charge is -2.28. The van der Waals surface area contributed by atoms with E-state index in [0.717, 1.165) is 0 Å². The number of carbonyl (C=O) groups is 4. The van der Waals surface area contributed by atoms with Crippen LogP contribution < -0.4 is 16.4 Å².